The maximum Gasteiger partial charge on any atom is 0.498 e. The predicted octanol–water partition coefficient (Wildman–Crippen LogP) is 10.7. The first-order valence-corrected chi connectivity index (χ1v) is 16.2. The van der Waals surface area contributed by atoms with E-state index in [1.165, 1.54) is 11.1 Å². The van der Waals surface area contributed by atoms with Crippen LogP contribution in [0.5, 0.6) is 0 Å². The molecule has 230 valence electrons. The Bertz CT molecular complexity index is 2170. The molecule has 0 unspecified atom stereocenters. The molecule has 47 heavy (non-hydrogen) atoms. The van der Waals surface area contributed by atoms with Gasteiger partial charge >= 0.3 is 7.12 Å². The Morgan fingerprint density at radius 2 is 1.00 bits per heavy atom. The number of fused-ring (bicyclic) bond motifs is 3. The van der Waals surface area contributed by atoms with Gasteiger partial charge in [0.25, 0.3) is 0 Å². The second-order valence-corrected chi connectivity index (χ2v) is 13.2. The van der Waals surface area contributed by atoms with Crippen molar-refractivity contribution in [3.63, 3.8) is 0 Å². The van der Waals surface area contributed by atoms with E-state index in [0.29, 0.717) is 0 Å². The quantitative estimate of drug-likeness (QED) is 0.175. The number of rotatable bonds is 6. The number of para-hydroxylation sites is 2. The molecule has 0 aliphatic carbocycles. The SMILES string of the molecule is CC1(C)OB(c2ccc(-c3ccc(N(c4ccccc4)c4ccc(-c5ccccc5)cc4)cc3)c3c2oc2ccccc23)OC1(C)C. The van der Waals surface area contributed by atoms with Gasteiger partial charge in [-0.15, -0.1) is 0 Å². The molecule has 0 radical (unpaired) electrons. The zero-order valence-electron chi connectivity index (χ0n) is 27.1. The molecule has 0 amide bonds. The number of hydrogen-bond donors (Lipinski definition) is 0. The number of hydrogen-bond acceptors (Lipinski definition) is 4. The summed E-state index contributed by atoms with van der Waals surface area (Å²) < 4.78 is 19.5. The lowest BCUT2D eigenvalue weighted by Crippen LogP contribution is -2.41. The van der Waals surface area contributed by atoms with E-state index in [9.17, 15) is 0 Å². The van der Waals surface area contributed by atoms with Crippen molar-refractivity contribution in [3.8, 4) is 22.3 Å². The molecule has 1 saturated heterocycles. The lowest BCUT2D eigenvalue weighted by molar-refractivity contribution is 0.00578. The summed E-state index contributed by atoms with van der Waals surface area (Å²) in [6, 6.07) is 51.1. The minimum Gasteiger partial charge on any atom is -0.456 e. The highest BCUT2D eigenvalue weighted by Crippen LogP contribution is 2.41. The van der Waals surface area contributed by atoms with E-state index in [-0.39, 0.29) is 0 Å². The van der Waals surface area contributed by atoms with Gasteiger partial charge in [0, 0.05) is 33.3 Å². The van der Waals surface area contributed by atoms with Crippen molar-refractivity contribution in [3.05, 3.63) is 146 Å². The highest BCUT2D eigenvalue weighted by atomic mass is 16.7. The van der Waals surface area contributed by atoms with Crippen molar-refractivity contribution in [1.29, 1.82) is 0 Å². The molecule has 1 fully saturated rings. The van der Waals surface area contributed by atoms with Gasteiger partial charge in [-0.05, 0) is 92.4 Å². The molecular weight excluding hydrogens is 577 g/mol. The Morgan fingerprint density at radius 1 is 0.489 bits per heavy atom. The molecule has 1 aliphatic rings. The third-order valence-corrected chi connectivity index (χ3v) is 9.75. The molecule has 6 aromatic carbocycles. The first-order valence-electron chi connectivity index (χ1n) is 16.2. The predicted molar refractivity (Wildman–Crippen MR) is 195 cm³/mol. The van der Waals surface area contributed by atoms with Gasteiger partial charge in [-0.2, -0.15) is 0 Å². The molecule has 4 nitrogen and oxygen atoms in total. The smallest absolute Gasteiger partial charge is 0.456 e. The summed E-state index contributed by atoms with van der Waals surface area (Å²) in [6.45, 7) is 8.31. The standard InChI is InChI=1S/C42H36BNO3/c1-41(2)42(3,4)47-43(46-41)37-28-27-35(39-36-17-11-12-18-38(36)45-40(37)39)31-21-25-34(26-22-31)44(32-15-9-6-10-16-32)33-23-19-30(20-24-33)29-13-7-5-8-14-29/h5-28H,1-4H3. The van der Waals surface area contributed by atoms with Gasteiger partial charge in [0.1, 0.15) is 11.2 Å². The van der Waals surface area contributed by atoms with E-state index in [1.807, 2.05) is 18.2 Å². The van der Waals surface area contributed by atoms with Crippen molar-refractivity contribution in [2.75, 3.05) is 4.90 Å². The Kier molecular flexibility index (Phi) is 7.05. The summed E-state index contributed by atoms with van der Waals surface area (Å²) >= 11 is 0. The van der Waals surface area contributed by atoms with Crippen LogP contribution in [0.3, 0.4) is 0 Å². The summed E-state index contributed by atoms with van der Waals surface area (Å²) in [6.07, 6.45) is 0. The molecule has 2 heterocycles. The van der Waals surface area contributed by atoms with Crippen molar-refractivity contribution < 1.29 is 13.7 Å². The number of benzene rings is 6. The number of furan rings is 1. The summed E-state index contributed by atoms with van der Waals surface area (Å²) in [7, 11) is -0.521. The normalized spacial score (nSPS) is 15.4. The molecule has 1 aliphatic heterocycles. The Labute approximate surface area is 276 Å². The Morgan fingerprint density at radius 3 is 1.64 bits per heavy atom. The monoisotopic (exact) mass is 613 g/mol. The first-order chi connectivity index (χ1) is 22.8. The van der Waals surface area contributed by atoms with E-state index in [4.69, 9.17) is 13.7 Å². The minimum absolute atomic E-state index is 0.447. The van der Waals surface area contributed by atoms with Crippen LogP contribution in [0.25, 0.3) is 44.2 Å². The molecule has 0 N–H and O–H groups in total. The van der Waals surface area contributed by atoms with Gasteiger partial charge in [-0.25, -0.2) is 0 Å². The van der Waals surface area contributed by atoms with Crippen LogP contribution in [-0.4, -0.2) is 18.3 Å². The van der Waals surface area contributed by atoms with Gasteiger partial charge in [0.05, 0.1) is 11.2 Å². The summed E-state index contributed by atoms with van der Waals surface area (Å²) in [4.78, 5) is 2.29. The zero-order chi connectivity index (χ0) is 32.2. The lowest BCUT2D eigenvalue weighted by Gasteiger charge is -2.32. The van der Waals surface area contributed by atoms with Crippen molar-refractivity contribution >= 4 is 51.6 Å². The van der Waals surface area contributed by atoms with Crippen LogP contribution in [0.15, 0.2) is 150 Å². The van der Waals surface area contributed by atoms with Crippen LogP contribution in [0.4, 0.5) is 17.1 Å². The molecule has 0 atom stereocenters. The molecule has 7 aromatic rings. The van der Waals surface area contributed by atoms with E-state index in [1.54, 1.807) is 0 Å². The van der Waals surface area contributed by atoms with Crippen LogP contribution in [-0.2, 0) is 9.31 Å². The maximum absolute atomic E-state index is 6.55. The van der Waals surface area contributed by atoms with E-state index in [0.717, 1.165) is 55.6 Å². The van der Waals surface area contributed by atoms with Crippen molar-refractivity contribution in [1.82, 2.24) is 0 Å². The van der Waals surface area contributed by atoms with Crippen LogP contribution >= 0.6 is 0 Å². The highest BCUT2D eigenvalue weighted by molar-refractivity contribution is 6.65. The lowest BCUT2D eigenvalue weighted by atomic mass is 9.77. The first kappa shape index (κ1) is 29.3. The molecule has 5 heteroatoms. The van der Waals surface area contributed by atoms with Crippen LogP contribution in [0, 0.1) is 0 Å². The van der Waals surface area contributed by atoms with E-state index < -0.39 is 18.3 Å². The molecule has 0 bridgehead atoms. The Hall–Kier alpha value is -5.10. The second-order valence-electron chi connectivity index (χ2n) is 13.2. The summed E-state index contributed by atoms with van der Waals surface area (Å²) in [5, 5.41) is 2.14. The van der Waals surface area contributed by atoms with Gasteiger partial charge in [-0.1, -0.05) is 103 Å². The fraction of sp³-hybridized carbons (Fsp3) is 0.143. The van der Waals surface area contributed by atoms with E-state index in [2.05, 4.69) is 160 Å². The van der Waals surface area contributed by atoms with Crippen molar-refractivity contribution in [2.45, 2.75) is 38.9 Å². The average Bonchev–Trinajstić information content (AvgIpc) is 3.59. The summed E-state index contributed by atoms with van der Waals surface area (Å²) in [5.41, 5.74) is 9.55. The highest BCUT2D eigenvalue weighted by Gasteiger charge is 2.52. The van der Waals surface area contributed by atoms with Gasteiger partial charge < -0.3 is 18.6 Å². The van der Waals surface area contributed by atoms with Gasteiger partial charge in [-0.3, -0.25) is 0 Å². The molecule has 1 aromatic heterocycles. The Balaban J connectivity index is 1.20. The summed E-state index contributed by atoms with van der Waals surface area (Å²) in [5.74, 6) is 0. The average molecular weight is 614 g/mol. The third kappa shape index (κ3) is 5.13. The van der Waals surface area contributed by atoms with Crippen LogP contribution < -0.4 is 10.4 Å². The van der Waals surface area contributed by atoms with Gasteiger partial charge in [0.2, 0.25) is 0 Å². The molecule has 0 spiro atoms. The van der Waals surface area contributed by atoms with E-state index >= 15 is 0 Å². The fourth-order valence-electron chi connectivity index (χ4n) is 6.49. The fourth-order valence-corrected chi connectivity index (χ4v) is 6.49. The van der Waals surface area contributed by atoms with Crippen LogP contribution in [0.2, 0.25) is 0 Å². The number of nitrogens with zero attached hydrogens (tertiary/aromatic N) is 1. The van der Waals surface area contributed by atoms with Crippen molar-refractivity contribution in [2.24, 2.45) is 0 Å². The minimum atomic E-state index is -0.521. The van der Waals surface area contributed by atoms with Gasteiger partial charge in [0.15, 0.2) is 0 Å². The maximum atomic E-state index is 6.55. The molecule has 8 rings (SSSR count). The van der Waals surface area contributed by atoms with Crippen LogP contribution in [0.1, 0.15) is 27.7 Å². The number of anilines is 3. The second kappa shape index (κ2) is 11.3. The molecular formula is C42H36BNO3. The zero-order valence-corrected chi connectivity index (χ0v) is 27.1. The largest absolute Gasteiger partial charge is 0.498 e. The molecule has 0 saturated carbocycles. The topological polar surface area (TPSA) is 34.8 Å². The third-order valence-electron chi connectivity index (χ3n) is 9.75.